The SMILES string of the molecule is C/C=C(\CCC(O)(Cc1ccccc1OC)C1CN(Cc2ccccc2)CCO1)OC.C=C/C=C\C. The summed E-state index contributed by atoms with van der Waals surface area (Å²) < 4.78 is 17.2. The Morgan fingerprint density at radius 3 is 2.47 bits per heavy atom. The van der Waals surface area contributed by atoms with E-state index in [-0.39, 0.29) is 6.10 Å². The molecule has 0 saturated carbocycles. The van der Waals surface area contributed by atoms with Crippen LogP contribution in [0.5, 0.6) is 5.75 Å². The predicted molar refractivity (Wildman–Crippen MR) is 148 cm³/mol. The van der Waals surface area contributed by atoms with Gasteiger partial charge in [0.1, 0.15) is 5.75 Å². The molecular formula is C31H43NO4. The number of hydrogen-bond acceptors (Lipinski definition) is 5. The first-order valence-electron chi connectivity index (χ1n) is 12.6. The van der Waals surface area contributed by atoms with Crippen LogP contribution in [0, 0.1) is 0 Å². The summed E-state index contributed by atoms with van der Waals surface area (Å²) in [7, 11) is 3.34. The van der Waals surface area contributed by atoms with Gasteiger partial charge in [-0.3, -0.25) is 4.90 Å². The van der Waals surface area contributed by atoms with Crippen molar-refractivity contribution >= 4 is 0 Å². The van der Waals surface area contributed by atoms with Crippen LogP contribution in [-0.4, -0.2) is 55.6 Å². The van der Waals surface area contributed by atoms with Crippen LogP contribution in [0.2, 0.25) is 0 Å². The zero-order valence-corrected chi connectivity index (χ0v) is 22.4. The lowest BCUT2D eigenvalue weighted by Crippen LogP contribution is -2.55. The molecule has 0 amide bonds. The number of methoxy groups -OCH3 is 2. The molecule has 1 heterocycles. The molecule has 3 rings (SSSR count). The van der Waals surface area contributed by atoms with Gasteiger partial charge in [-0.2, -0.15) is 0 Å². The van der Waals surface area contributed by atoms with E-state index < -0.39 is 5.60 Å². The summed E-state index contributed by atoms with van der Waals surface area (Å²) in [6.45, 7) is 10.4. The number of para-hydroxylation sites is 1. The van der Waals surface area contributed by atoms with Gasteiger partial charge in [-0.05, 0) is 43.5 Å². The first-order valence-corrected chi connectivity index (χ1v) is 12.6. The molecule has 0 aromatic heterocycles. The summed E-state index contributed by atoms with van der Waals surface area (Å²) in [5, 5.41) is 11.9. The summed E-state index contributed by atoms with van der Waals surface area (Å²) >= 11 is 0. The summed E-state index contributed by atoms with van der Waals surface area (Å²) in [4.78, 5) is 2.36. The van der Waals surface area contributed by atoms with Crippen molar-refractivity contribution in [3.63, 3.8) is 0 Å². The van der Waals surface area contributed by atoms with E-state index in [9.17, 15) is 5.11 Å². The third-order valence-corrected chi connectivity index (χ3v) is 6.41. The number of benzene rings is 2. The largest absolute Gasteiger partial charge is 0.501 e. The Balaban J connectivity index is 0.000000830. The van der Waals surface area contributed by atoms with Crippen LogP contribution < -0.4 is 4.74 Å². The van der Waals surface area contributed by atoms with E-state index in [0.717, 1.165) is 30.2 Å². The maximum Gasteiger partial charge on any atom is 0.122 e. The van der Waals surface area contributed by atoms with E-state index in [2.05, 4.69) is 35.7 Å². The Bertz CT molecular complexity index is 956. The van der Waals surface area contributed by atoms with Crippen LogP contribution in [0.25, 0.3) is 0 Å². The zero-order chi connectivity index (χ0) is 26.2. The minimum absolute atomic E-state index is 0.301. The maximum absolute atomic E-state index is 11.9. The van der Waals surface area contributed by atoms with Gasteiger partial charge in [0.2, 0.25) is 0 Å². The minimum Gasteiger partial charge on any atom is -0.501 e. The molecule has 5 heteroatoms. The molecule has 0 bridgehead atoms. The molecule has 0 radical (unpaired) electrons. The lowest BCUT2D eigenvalue weighted by Gasteiger charge is -2.42. The first kappa shape index (κ1) is 29.4. The van der Waals surface area contributed by atoms with Crippen molar-refractivity contribution in [1.82, 2.24) is 4.90 Å². The molecule has 1 aliphatic rings. The molecule has 1 N–H and O–H groups in total. The van der Waals surface area contributed by atoms with Crippen LogP contribution in [0.4, 0.5) is 0 Å². The van der Waals surface area contributed by atoms with Gasteiger partial charge in [0.15, 0.2) is 0 Å². The standard InChI is InChI=1S/C26H35NO4.C5H8/c1-4-23(29-2)14-15-26(28,18-22-12-8-9-13-24(22)30-3)25-20-27(16-17-31-25)19-21-10-6-5-7-11-21;1-3-5-4-2/h4-13,25,28H,14-20H2,1-3H3;3-5H,1H2,2H3/b23-4+;5-4-. The fourth-order valence-electron chi connectivity index (χ4n) is 4.39. The van der Waals surface area contributed by atoms with Gasteiger partial charge in [-0.25, -0.2) is 0 Å². The monoisotopic (exact) mass is 493 g/mol. The van der Waals surface area contributed by atoms with E-state index in [4.69, 9.17) is 14.2 Å². The van der Waals surface area contributed by atoms with E-state index in [0.29, 0.717) is 32.4 Å². The van der Waals surface area contributed by atoms with Gasteiger partial charge >= 0.3 is 0 Å². The molecule has 1 aliphatic heterocycles. The van der Waals surface area contributed by atoms with Crippen molar-refractivity contribution in [2.75, 3.05) is 33.9 Å². The Kier molecular flexibility index (Phi) is 13.1. The maximum atomic E-state index is 11.9. The highest BCUT2D eigenvalue weighted by Crippen LogP contribution is 2.32. The second-order valence-corrected chi connectivity index (χ2v) is 8.89. The molecule has 2 aromatic rings. The molecule has 2 aromatic carbocycles. The van der Waals surface area contributed by atoms with Gasteiger partial charge in [-0.1, -0.05) is 73.3 Å². The molecular weight excluding hydrogens is 450 g/mol. The highest BCUT2D eigenvalue weighted by atomic mass is 16.5. The molecule has 5 nitrogen and oxygen atoms in total. The average molecular weight is 494 g/mol. The average Bonchev–Trinajstić information content (AvgIpc) is 2.91. The summed E-state index contributed by atoms with van der Waals surface area (Å²) in [5.41, 5.74) is 1.21. The summed E-state index contributed by atoms with van der Waals surface area (Å²) in [5.74, 6) is 1.66. The molecule has 2 atom stereocenters. The molecule has 0 spiro atoms. The van der Waals surface area contributed by atoms with E-state index in [1.165, 1.54) is 5.56 Å². The van der Waals surface area contributed by atoms with Crippen molar-refractivity contribution in [3.05, 3.63) is 102 Å². The van der Waals surface area contributed by atoms with Crippen molar-refractivity contribution in [1.29, 1.82) is 0 Å². The summed E-state index contributed by atoms with van der Waals surface area (Å²) in [6, 6.07) is 18.3. The lowest BCUT2D eigenvalue weighted by atomic mass is 9.83. The molecule has 1 fully saturated rings. The number of rotatable bonds is 11. The quantitative estimate of drug-likeness (QED) is 0.310. The number of morpholine rings is 1. The van der Waals surface area contributed by atoms with Gasteiger partial charge in [0, 0.05) is 32.5 Å². The van der Waals surface area contributed by atoms with Crippen LogP contribution >= 0.6 is 0 Å². The Hall–Kier alpha value is -2.86. The van der Waals surface area contributed by atoms with Crippen molar-refractivity contribution in [2.45, 2.75) is 51.4 Å². The topological polar surface area (TPSA) is 51.2 Å². The third-order valence-electron chi connectivity index (χ3n) is 6.41. The van der Waals surface area contributed by atoms with Gasteiger partial charge in [0.05, 0.1) is 38.3 Å². The molecule has 196 valence electrons. The second kappa shape index (κ2) is 16.0. The van der Waals surface area contributed by atoms with E-state index in [1.807, 2.05) is 62.4 Å². The highest BCUT2D eigenvalue weighted by molar-refractivity contribution is 5.34. The fourth-order valence-corrected chi connectivity index (χ4v) is 4.39. The fraction of sp³-hybridized carbons (Fsp3) is 0.419. The third kappa shape index (κ3) is 9.30. The van der Waals surface area contributed by atoms with Gasteiger partial charge < -0.3 is 19.3 Å². The first-order chi connectivity index (χ1) is 17.5. The minimum atomic E-state index is -1.04. The van der Waals surface area contributed by atoms with Crippen LogP contribution in [0.1, 0.15) is 37.8 Å². The van der Waals surface area contributed by atoms with Crippen LogP contribution in [0.3, 0.4) is 0 Å². The molecule has 36 heavy (non-hydrogen) atoms. The van der Waals surface area contributed by atoms with Gasteiger partial charge in [-0.15, -0.1) is 0 Å². The molecule has 1 saturated heterocycles. The number of aliphatic hydroxyl groups is 1. The van der Waals surface area contributed by atoms with Crippen LogP contribution in [0.15, 0.2) is 91.2 Å². The highest BCUT2D eigenvalue weighted by Gasteiger charge is 2.41. The Morgan fingerprint density at radius 2 is 1.86 bits per heavy atom. The van der Waals surface area contributed by atoms with Crippen molar-refractivity contribution < 1.29 is 19.3 Å². The number of hydrogen-bond donors (Lipinski definition) is 1. The predicted octanol–water partition coefficient (Wildman–Crippen LogP) is 5.95. The van der Waals surface area contributed by atoms with Crippen molar-refractivity contribution in [2.24, 2.45) is 0 Å². The van der Waals surface area contributed by atoms with E-state index >= 15 is 0 Å². The molecule has 2 unspecified atom stereocenters. The van der Waals surface area contributed by atoms with E-state index in [1.54, 1.807) is 20.3 Å². The van der Waals surface area contributed by atoms with Crippen molar-refractivity contribution in [3.8, 4) is 5.75 Å². The Morgan fingerprint density at radius 1 is 1.14 bits per heavy atom. The summed E-state index contributed by atoms with van der Waals surface area (Å²) in [6.07, 6.45) is 8.88. The molecule has 0 aliphatic carbocycles. The Labute approximate surface area is 217 Å². The zero-order valence-electron chi connectivity index (χ0n) is 22.4. The smallest absolute Gasteiger partial charge is 0.122 e. The van der Waals surface area contributed by atoms with Crippen LogP contribution in [-0.2, 0) is 22.4 Å². The second-order valence-electron chi connectivity index (χ2n) is 8.89. The number of nitrogens with zero attached hydrogens (tertiary/aromatic N) is 1. The lowest BCUT2D eigenvalue weighted by molar-refractivity contribution is -0.148. The number of allylic oxidation sites excluding steroid dienone is 5. The number of ether oxygens (including phenoxy) is 3. The normalized spacial score (nSPS) is 18.1. The van der Waals surface area contributed by atoms with Gasteiger partial charge in [0.25, 0.3) is 0 Å².